The van der Waals surface area contributed by atoms with Gasteiger partial charge >= 0.3 is 0 Å². The van der Waals surface area contributed by atoms with E-state index in [1.807, 2.05) is 41.0 Å². The van der Waals surface area contributed by atoms with Gasteiger partial charge in [0.1, 0.15) is 5.82 Å². The van der Waals surface area contributed by atoms with Crippen LogP contribution in [0.3, 0.4) is 0 Å². The van der Waals surface area contributed by atoms with Gasteiger partial charge in [0.25, 0.3) is 0 Å². The fourth-order valence-corrected chi connectivity index (χ4v) is 3.55. The Morgan fingerprint density at radius 3 is 2.48 bits per heavy atom. The molecule has 0 bridgehead atoms. The molecule has 0 saturated heterocycles. The Hall–Kier alpha value is -4.26. The van der Waals surface area contributed by atoms with E-state index in [1.165, 1.54) is 25.1 Å². The van der Waals surface area contributed by atoms with E-state index < -0.39 is 0 Å². The lowest BCUT2D eigenvalue weighted by molar-refractivity contribution is -0.117. The number of imidazole rings is 1. The summed E-state index contributed by atoms with van der Waals surface area (Å²) in [6.07, 6.45) is 4.89. The average Bonchev–Trinajstić information content (AvgIpc) is 3.21. The number of hydrogen-bond acceptors (Lipinski definition) is 3. The van der Waals surface area contributed by atoms with Crippen molar-refractivity contribution >= 4 is 34.6 Å². The molecule has 0 aliphatic carbocycles. The van der Waals surface area contributed by atoms with Gasteiger partial charge < -0.3 is 15.2 Å². The molecule has 0 fully saturated rings. The van der Waals surface area contributed by atoms with E-state index in [0.29, 0.717) is 12.2 Å². The van der Waals surface area contributed by atoms with Crippen LogP contribution in [0.15, 0.2) is 85.2 Å². The average molecular weight is 442 g/mol. The number of halogens is 1. The third-order valence-corrected chi connectivity index (χ3v) is 5.15. The molecular weight excluding hydrogens is 419 g/mol. The number of rotatable bonds is 7. The largest absolute Gasteiger partial charge is 0.344 e. The number of nitrogens with one attached hydrogen (secondary N) is 2. The van der Waals surface area contributed by atoms with E-state index in [4.69, 9.17) is 0 Å². The van der Waals surface area contributed by atoms with Gasteiger partial charge in [-0.1, -0.05) is 36.4 Å². The summed E-state index contributed by atoms with van der Waals surface area (Å²) in [5.74, 6) is -0.755. The van der Waals surface area contributed by atoms with Crippen LogP contribution < -0.4 is 10.6 Å². The summed E-state index contributed by atoms with van der Waals surface area (Å²) in [4.78, 5) is 28.3. The molecule has 6 nitrogen and oxygen atoms in total. The molecule has 0 radical (unpaired) electrons. The van der Waals surface area contributed by atoms with Gasteiger partial charge in [-0.2, -0.15) is 0 Å². The third kappa shape index (κ3) is 5.71. The molecule has 0 aliphatic heterocycles. The Kier molecular flexibility index (Phi) is 6.59. The highest BCUT2D eigenvalue weighted by atomic mass is 19.1. The number of aromatic nitrogens is 2. The van der Waals surface area contributed by atoms with Gasteiger partial charge in [-0.25, -0.2) is 9.37 Å². The first-order chi connectivity index (χ1) is 16.0. The first-order valence-electron chi connectivity index (χ1n) is 10.5. The zero-order valence-electron chi connectivity index (χ0n) is 18.0. The van der Waals surface area contributed by atoms with Crippen LogP contribution in [0, 0.1) is 5.82 Å². The summed E-state index contributed by atoms with van der Waals surface area (Å²) in [6.45, 7) is 1.89. The summed E-state index contributed by atoms with van der Waals surface area (Å²) in [6, 6.07) is 20.6. The maximum atomic E-state index is 13.5. The monoisotopic (exact) mass is 442 g/mol. The fraction of sp³-hybridized carbons (Fsp3) is 0.115. The van der Waals surface area contributed by atoms with Crippen molar-refractivity contribution in [2.45, 2.75) is 19.5 Å². The zero-order valence-corrected chi connectivity index (χ0v) is 18.0. The minimum Gasteiger partial charge on any atom is -0.344 e. The van der Waals surface area contributed by atoms with E-state index in [2.05, 4.69) is 15.6 Å². The Labute approximate surface area is 190 Å². The molecule has 33 heavy (non-hydrogen) atoms. The van der Waals surface area contributed by atoms with Crippen molar-refractivity contribution < 1.29 is 14.0 Å². The van der Waals surface area contributed by atoms with Crippen LogP contribution in [-0.2, 0) is 16.1 Å². The molecule has 1 aromatic heterocycles. The number of carbonyl (C=O) groups is 2. The van der Waals surface area contributed by atoms with Gasteiger partial charge in [0.2, 0.25) is 11.8 Å². The van der Waals surface area contributed by atoms with Crippen LogP contribution >= 0.6 is 0 Å². The maximum Gasteiger partial charge on any atom is 0.244 e. The topological polar surface area (TPSA) is 76.0 Å². The summed E-state index contributed by atoms with van der Waals surface area (Å²) >= 11 is 0. The molecule has 166 valence electrons. The Morgan fingerprint density at radius 2 is 1.76 bits per heavy atom. The molecular formula is C26H23FN4O2. The molecule has 1 heterocycles. The SMILES string of the molecule is CC(=O)Nc1ccc(/C=C/C(=O)NC(Cn2cnc3ccccc32)c2ccc(F)cc2)cc1. The van der Waals surface area contributed by atoms with E-state index in [1.54, 1.807) is 36.7 Å². The molecule has 0 spiro atoms. The van der Waals surface area contributed by atoms with Gasteiger partial charge in [0.05, 0.1) is 23.4 Å². The summed E-state index contributed by atoms with van der Waals surface area (Å²) in [7, 11) is 0. The van der Waals surface area contributed by atoms with Gasteiger partial charge in [-0.05, 0) is 53.6 Å². The van der Waals surface area contributed by atoms with E-state index in [-0.39, 0.29) is 23.7 Å². The molecule has 1 unspecified atom stereocenters. The number of para-hydroxylation sites is 2. The van der Waals surface area contributed by atoms with Crippen LogP contribution in [-0.4, -0.2) is 21.4 Å². The molecule has 7 heteroatoms. The number of hydrogen-bond donors (Lipinski definition) is 2. The van der Waals surface area contributed by atoms with Crippen molar-refractivity contribution in [1.29, 1.82) is 0 Å². The van der Waals surface area contributed by atoms with Gasteiger partial charge in [-0.15, -0.1) is 0 Å². The molecule has 0 saturated carbocycles. The Morgan fingerprint density at radius 1 is 1.03 bits per heavy atom. The minimum atomic E-state index is -0.387. The maximum absolute atomic E-state index is 13.5. The van der Waals surface area contributed by atoms with E-state index in [9.17, 15) is 14.0 Å². The molecule has 2 amide bonds. The summed E-state index contributed by atoms with van der Waals surface area (Å²) in [5, 5.41) is 5.71. The second-order valence-corrected chi connectivity index (χ2v) is 7.63. The number of benzene rings is 3. The molecule has 3 aromatic carbocycles. The first-order valence-corrected chi connectivity index (χ1v) is 10.5. The van der Waals surface area contributed by atoms with Crippen LogP contribution in [0.4, 0.5) is 10.1 Å². The Balaban J connectivity index is 1.51. The number of fused-ring (bicyclic) bond motifs is 1. The van der Waals surface area contributed by atoms with Crippen molar-refractivity contribution in [3.8, 4) is 0 Å². The normalized spacial score (nSPS) is 12.1. The van der Waals surface area contributed by atoms with Gasteiger partial charge in [0, 0.05) is 25.2 Å². The third-order valence-electron chi connectivity index (χ3n) is 5.15. The highest BCUT2D eigenvalue weighted by molar-refractivity contribution is 5.92. The summed E-state index contributed by atoms with van der Waals surface area (Å²) in [5.41, 5.74) is 4.11. The second kappa shape index (κ2) is 9.91. The fourth-order valence-electron chi connectivity index (χ4n) is 3.55. The van der Waals surface area contributed by atoms with Crippen LogP contribution in [0.25, 0.3) is 17.1 Å². The second-order valence-electron chi connectivity index (χ2n) is 7.63. The molecule has 4 rings (SSSR count). The first kappa shape index (κ1) is 22.0. The van der Waals surface area contributed by atoms with Crippen molar-refractivity contribution in [2.75, 3.05) is 5.32 Å². The van der Waals surface area contributed by atoms with Crippen molar-refractivity contribution in [3.05, 3.63) is 102 Å². The van der Waals surface area contributed by atoms with Crippen LogP contribution in [0.5, 0.6) is 0 Å². The number of anilines is 1. The Bertz CT molecular complexity index is 1290. The van der Waals surface area contributed by atoms with Crippen molar-refractivity contribution in [2.24, 2.45) is 0 Å². The zero-order chi connectivity index (χ0) is 23.2. The quantitative estimate of drug-likeness (QED) is 0.407. The minimum absolute atomic E-state index is 0.143. The predicted molar refractivity (Wildman–Crippen MR) is 127 cm³/mol. The summed E-state index contributed by atoms with van der Waals surface area (Å²) < 4.78 is 15.4. The van der Waals surface area contributed by atoms with Gasteiger partial charge in [-0.3, -0.25) is 9.59 Å². The highest BCUT2D eigenvalue weighted by Crippen LogP contribution is 2.20. The molecule has 1 atom stereocenters. The number of carbonyl (C=O) groups excluding carboxylic acids is 2. The molecule has 2 N–H and O–H groups in total. The molecule has 0 aliphatic rings. The van der Waals surface area contributed by atoms with Crippen LogP contribution in [0.1, 0.15) is 24.1 Å². The lowest BCUT2D eigenvalue weighted by Crippen LogP contribution is -2.30. The smallest absolute Gasteiger partial charge is 0.244 e. The highest BCUT2D eigenvalue weighted by Gasteiger charge is 2.16. The number of amides is 2. The van der Waals surface area contributed by atoms with E-state index in [0.717, 1.165) is 22.2 Å². The lowest BCUT2D eigenvalue weighted by Gasteiger charge is -2.19. The predicted octanol–water partition coefficient (Wildman–Crippen LogP) is 4.70. The van der Waals surface area contributed by atoms with Crippen molar-refractivity contribution in [3.63, 3.8) is 0 Å². The van der Waals surface area contributed by atoms with Crippen LogP contribution in [0.2, 0.25) is 0 Å². The molecule has 4 aromatic rings. The standard InChI is InChI=1S/C26H23FN4O2/c1-18(32)29-22-13-6-19(7-14-22)8-15-26(33)30-24(20-9-11-21(27)12-10-20)16-31-17-28-23-4-2-3-5-25(23)31/h2-15,17,24H,16H2,1H3,(H,29,32)(H,30,33)/b15-8+. The van der Waals surface area contributed by atoms with E-state index >= 15 is 0 Å². The number of nitrogens with zero attached hydrogens (tertiary/aromatic N) is 2. The lowest BCUT2D eigenvalue weighted by atomic mass is 10.1. The van der Waals surface area contributed by atoms with Gasteiger partial charge in [0.15, 0.2) is 0 Å². The van der Waals surface area contributed by atoms with Crippen molar-refractivity contribution in [1.82, 2.24) is 14.9 Å².